The van der Waals surface area contributed by atoms with Crippen LogP contribution in [0.25, 0.3) is 0 Å². The Morgan fingerprint density at radius 2 is 1.90 bits per heavy atom. The van der Waals surface area contributed by atoms with Crippen molar-refractivity contribution in [3.05, 3.63) is 59.5 Å². The standard InChI is InChI=1S/C21H22F3N5O2/c22-16-10-18(24)17(23)8-13(16)7-14(25)9-20(30)27-5-6-28-15(11-27)12-29(21(28)31)19-3-1-2-4-26-19/h1-4,8,10,14-15H,5-7,9,11-12,25H2/t14-,15?/m1/s1. The third-order valence-corrected chi connectivity index (χ3v) is 5.64. The molecule has 2 saturated heterocycles. The number of nitrogens with zero attached hydrogens (tertiary/aromatic N) is 4. The zero-order chi connectivity index (χ0) is 22.1. The minimum atomic E-state index is -1.27. The fraction of sp³-hybridized carbons (Fsp3) is 0.381. The number of amides is 3. The fourth-order valence-electron chi connectivity index (χ4n) is 4.07. The Hall–Kier alpha value is -3.14. The molecule has 1 aromatic heterocycles. The van der Waals surface area contributed by atoms with Crippen LogP contribution in [0.4, 0.5) is 23.8 Å². The molecule has 7 nitrogen and oxygen atoms in total. The van der Waals surface area contributed by atoms with Crippen LogP contribution in [0, 0.1) is 17.5 Å². The molecule has 2 atom stereocenters. The third kappa shape index (κ3) is 4.34. The van der Waals surface area contributed by atoms with E-state index >= 15 is 0 Å². The lowest BCUT2D eigenvalue weighted by molar-refractivity contribution is -0.133. The Labute approximate surface area is 177 Å². The van der Waals surface area contributed by atoms with Crippen molar-refractivity contribution in [3.8, 4) is 0 Å². The van der Waals surface area contributed by atoms with Crippen molar-refractivity contribution in [2.24, 2.45) is 5.73 Å². The third-order valence-electron chi connectivity index (χ3n) is 5.64. The molecule has 2 N–H and O–H groups in total. The molecule has 0 spiro atoms. The highest BCUT2D eigenvalue weighted by Gasteiger charge is 2.42. The van der Waals surface area contributed by atoms with Crippen LogP contribution in [0.2, 0.25) is 0 Å². The van der Waals surface area contributed by atoms with Gasteiger partial charge in [-0.2, -0.15) is 0 Å². The number of fused-ring (bicyclic) bond motifs is 1. The van der Waals surface area contributed by atoms with Crippen LogP contribution in [0.5, 0.6) is 0 Å². The number of halogens is 3. The number of hydrogen-bond acceptors (Lipinski definition) is 4. The van der Waals surface area contributed by atoms with Gasteiger partial charge in [-0.25, -0.2) is 22.9 Å². The number of benzene rings is 1. The lowest BCUT2D eigenvalue weighted by atomic mass is 10.0. The first-order valence-electron chi connectivity index (χ1n) is 9.99. The van der Waals surface area contributed by atoms with E-state index in [4.69, 9.17) is 5.73 Å². The van der Waals surface area contributed by atoms with Crippen molar-refractivity contribution in [2.45, 2.75) is 24.9 Å². The lowest BCUT2D eigenvalue weighted by Crippen LogP contribution is -2.54. The van der Waals surface area contributed by atoms with E-state index in [0.717, 1.165) is 6.07 Å². The molecule has 2 fully saturated rings. The Balaban J connectivity index is 1.35. The Morgan fingerprint density at radius 3 is 2.65 bits per heavy atom. The summed E-state index contributed by atoms with van der Waals surface area (Å²) in [6.07, 6.45) is 1.46. The maximum absolute atomic E-state index is 13.8. The Bertz CT molecular complexity index is 990. The molecule has 2 aliphatic rings. The van der Waals surface area contributed by atoms with Gasteiger partial charge in [0.1, 0.15) is 11.6 Å². The second-order valence-corrected chi connectivity index (χ2v) is 7.79. The van der Waals surface area contributed by atoms with E-state index in [-0.39, 0.29) is 36.4 Å². The summed E-state index contributed by atoms with van der Waals surface area (Å²) < 4.78 is 40.3. The van der Waals surface area contributed by atoms with Gasteiger partial charge >= 0.3 is 6.03 Å². The highest BCUT2D eigenvalue weighted by molar-refractivity contribution is 5.94. The monoisotopic (exact) mass is 433 g/mol. The summed E-state index contributed by atoms with van der Waals surface area (Å²) in [5, 5.41) is 0. The predicted octanol–water partition coefficient (Wildman–Crippen LogP) is 1.91. The molecule has 0 radical (unpaired) electrons. The van der Waals surface area contributed by atoms with E-state index in [2.05, 4.69) is 4.98 Å². The largest absolute Gasteiger partial charge is 0.339 e. The van der Waals surface area contributed by atoms with Crippen LogP contribution >= 0.6 is 0 Å². The second-order valence-electron chi connectivity index (χ2n) is 7.79. The zero-order valence-electron chi connectivity index (χ0n) is 16.7. The summed E-state index contributed by atoms with van der Waals surface area (Å²) >= 11 is 0. The van der Waals surface area contributed by atoms with E-state index in [1.807, 2.05) is 0 Å². The maximum atomic E-state index is 13.8. The second kappa shape index (κ2) is 8.54. The van der Waals surface area contributed by atoms with E-state index in [1.165, 1.54) is 0 Å². The number of aromatic nitrogens is 1. The number of rotatable bonds is 5. The predicted molar refractivity (Wildman–Crippen MR) is 107 cm³/mol. The smallest absolute Gasteiger partial charge is 0.326 e. The Morgan fingerprint density at radius 1 is 1.13 bits per heavy atom. The van der Waals surface area contributed by atoms with Crippen molar-refractivity contribution in [1.82, 2.24) is 14.8 Å². The highest BCUT2D eigenvalue weighted by Crippen LogP contribution is 2.25. The number of urea groups is 1. The van der Waals surface area contributed by atoms with Gasteiger partial charge in [0, 0.05) is 44.4 Å². The number of carbonyl (C=O) groups excluding carboxylic acids is 2. The highest BCUT2D eigenvalue weighted by atomic mass is 19.2. The molecular formula is C21H22F3N5O2. The molecule has 2 aliphatic heterocycles. The topological polar surface area (TPSA) is 82.8 Å². The van der Waals surface area contributed by atoms with Crippen LogP contribution in [0.3, 0.4) is 0 Å². The minimum Gasteiger partial charge on any atom is -0.339 e. The average Bonchev–Trinajstić information content (AvgIpc) is 3.08. The normalized spacial score (nSPS) is 19.5. The van der Waals surface area contributed by atoms with Crippen molar-refractivity contribution < 1.29 is 22.8 Å². The molecule has 0 saturated carbocycles. The van der Waals surface area contributed by atoms with Crippen LogP contribution in [-0.4, -0.2) is 65.0 Å². The summed E-state index contributed by atoms with van der Waals surface area (Å²) in [4.78, 5) is 34.6. The van der Waals surface area contributed by atoms with E-state index in [9.17, 15) is 22.8 Å². The fourth-order valence-corrected chi connectivity index (χ4v) is 4.07. The van der Waals surface area contributed by atoms with Crippen LogP contribution in [-0.2, 0) is 11.2 Å². The summed E-state index contributed by atoms with van der Waals surface area (Å²) in [6.45, 7) is 1.54. The van der Waals surface area contributed by atoms with Crippen molar-refractivity contribution in [1.29, 1.82) is 0 Å². The van der Waals surface area contributed by atoms with Gasteiger partial charge in [-0.1, -0.05) is 6.07 Å². The van der Waals surface area contributed by atoms with Gasteiger partial charge in [0.15, 0.2) is 11.6 Å². The molecule has 164 valence electrons. The number of pyridine rings is 1. The summed E-state index contributed by atoms with van der Waals surface area (Å²) in [5.74, 6) is -2.98. The van der Waals surface area contributed by atoms with E-state index in [0.29, 0.717) is 38.1 Å². The quantitative estimate of drug-likeness (QED) is 0.731. The van der Waals surface area contributed by atoms with Gasteiger partial charge in [0.2, 0.25) is 5.91 Å². The average molecular weight is 433 g/mol. The first-order valence-corrected chi connectivity index (χ1v) is 9.99. The van der Waals surface area contributed by atoms with E-state index < -0.39 is 23.5 Å². The van der Waals surface area contributed by atoms with E-state index in [1.54, 1.807) is 39.1 Å². The van der Waals surface area contributed by atoms with Crippen molar-refractivity contribution in [3.63, 3.8) is 0 Å². The summed E-state index contributed by atoms with van der Waals surface area (Å²) in [5.41, 5.74) is 5.91. The van der Waals surface area contributed by atoms with Gasteiger partial charge in [-0.15, -0.1) is 0 Å². The molecule has 1 aromatic carbocycles. The number of piperazine rings is 1. The molecular weight excluding hydrogens is 411 g/mol. The minimum absolute atomic E-state index is 0.0664. The van der Waals surface area contributed by atoms with Gasteiger partial charge in [-0.3, -0.25) is 9.69 Å². The first-order chi connectivity index (χ1) is 14.8. The number of hydrogen-bond donors (Lipinski definition) is 1. The van der Waals surface area contributed by atoms with Gasteiger partial charge in [0.05, 0.1) is 12.6 Å². The molecule has 10 heteroatoms. The van der Waals surface area contributed by atoms with Crippen molar-refractivity contribution in [2.75, 3.05) is 31.1 Å². The number of anilines is 1. The lowest BCUT2D eigenvalue weighted by Gasteiger charge is -2.36. The number of carbonyl (C=O) groups is 2. The molecule has 4 rings (SSSR count). The van der Waals surface area contributed by atoms with Gasteiger partial charge < -0.3 is 15.5 Å². The summed E-state index contributed by atoms with van der Waals surface area (Å²) in [7, 11) is 0. The molecule has 0 bridgehead atoms. The molecule has 1 unspecified atom stereocenters. The Kier molecular flexibility index (Phi) is 5.81. The van der Waals surface area contributed by atoms with Gasteiger partial charge in [0.25, 0.3) is 0 Å². The van der Waals surface area contributed by atoms with Crippen LogP contribution in [0.1, 0.15) is 12.0 Å². The maximum Gasteiger partial charge on any atom is 0.326 e. The van der Waals surface area contributed by atoms with Crippen LogP contribution < -0.4 is 10.6 Å². The SMILES string of the molecule is N[C@@H](CC(=O)N1CCN2C(=O)N(c3ccccn3)CC2C1)Cc1cc(F)c(F)cc1F. The number of nitrogens with two attached hydrogens (primary N) is 1. The zero-order valence-corrected chi connectivity index (χ0v) is 16.7. The molecule has 31 heavy (non-hydrogen) atoms. The summed E-state index contributed by atoms with van der Waals surface area (Å²) in [6, 6.07) is 5.53. The van der Waals surface area contributed by atoms with Crippen molar-refractivity contribution >= 4 is 17.8 Å². The van der Waals surface area contributed by atoms with Gasteiger partial charge in [-0.05, 0) is 30.2 Å². The van der Waals surface area contributed by atoms with Crippen LogP contribution in [0.15, 0.2) is 36.5 Å². The molecule has 3 amide bonds. The molecule has 3 heterocycles. The molecule has 0 aliphatic carbocycles. The molecule has 2 aromatic rings. The first kappa shape index (κ1) is 21.1.